The minimum Gasteiger partial charge on any atom is -0.480 e. The number of nitro groups is 2. The average molecular weight is 389 g/mol. The SMILES string of the molecule is CCOC(=O)C(C(=O)O)c1ccc(Nc2cccc([N+](=O)[O-])c2)cc1[N+](=O)[O-]. The summed E-state index contributed by atoms with van der Waals surface area (Å²) in [5, 5.41) is 34.3. The largest absolute Gasteiger partial charge is 0.480 e. The fourth-order valence-corrected chi connectivity index (χ4v) is 2.47. The van der Waals surface area contributed by atoms with Crippen LogP contribution in [0.1, 0.15) is 18.4 Å². The van der Waals surface area contributed by atoms with Crippen LogP contribution in [0.5, 0.6) is 0 Å². The molecule has 0 bridgehead atoms. The Morgan fingerprint density at radius 3 is 2.36 bits per heavy atom. The second-order valence-corrected chi connectivity index (χ2v) is 5.49. The Morgan fingerprint density at radius 1 is 1.11 bits per heavy atom. The zero-order valence-electron chi connectivity index (χ0n) is 14.5. The van der Waals surface area contributed by atoms with E-state index in [1.807, 2.05) is 0 Å². The molecule has 0 aliphatic rings. The van der Waals surface area contributed by atoms with E-state index in [1.54, 1.807) is 0 Å². The molecule has 2 aromatic rings. The van der Waals surface area contributed by atoms with Gasteiger partial charge in [-0.25, -0.2) is 0 Å². The number of carboxylic acids is 1. The van der Waals surface area contributed by atoms with Crippen LogP contribution in [0.3, 0.4) is 0 Å². The third-order valence-corrected chi connectivity index (χ3v) is 3.65. The van der Waals surface area contributed by atoms with Crippen LogP contribution in [0.25, 0.3) is 0 Å². The highest BCUT2D eigenvalue weighted by Crippen LogP contribution is 2.32. The third kappa shape index (κ3) is 4.58. The first-order valence-corrected chi connectivity index (χ1v) is 7.93. The van der Waals surface area contributed by atoms with E-state index in [0.29, 0.717) is 5.69 Å². The lowest BCUT2D eigenvalue weighted by molar-refractivity contribution is -0.385. The van der Waals surface area contributed by atoms with Crippen LogP contribution in [0.15, 0.2) is 42.5 Å². The Hall–Kier alpha value is -4.02. The van der Waals surface area contributed by atoms with Gasteiger partial charge in [-0.1, -0.05) is 6.07 Å². The van der Waals surface area contributed by atoms with Gasteiger partial charge in [0.2, 0.25) is 0 Å². The normalized spacial score (nSPS) is 11.3. The lowest BCUT2D eigenvalue weighted by Gasteiger charge is -2.13. The summed E-state index contributed by atoms with van der Waals surface area (Å²) in [5.74, 6) is -4.55. The van der Waals surface area contributed by atoms with Crippen molar-refractivity contribution in [2.75, 3.05) is 11.9 Å². The molecule has 0 heterocycles. The molecule has 11 nitrogen and oxygen atoms in total. The number of non-ortho nitro benzene ring substituents is 1. The summed E-state index contributed by atoms with van der Waals surface area (Å²) < 4.78 is 4.69. The number of rotatable bonds is 8. The first-order chi connectivity index (χ1) is 13.2. The molecule has 28 heavy (non-hydrogen) atoms. The number of carbonyl (C=O) groups is 2. The van der Waals surface area contributed by atoms with Crippen LogP contribution in [-0.2, 0) is 14.3 Å². The molecule has 0 aliphatic heterocycles. The Labute approximate surface area is 157 Å². The first-order valence-electron chi connectivity index (χ1n) is 7.93. The summed E-state index contributed by atoms with van der Waals surface area (Å²) in [4.78, 5) is 44.3. The molecular weight excluding hydrogens is 374 g/mol. The van der Waals surface area contributed by atoms with Crippen LogP contribution in [-0.4, -0.2) is 33.5 Å². The number of anilines is 2. The maximum Gasteiger partial charge on any atom is 0.325 e. The molecule has 1 atom stereocenters. The van der Waals surface area contributed by atoms with Crippen molar-refractivity contribution in [3.05, 3.63) is 68.3 Å². The van der Waals surface area contributed by atoms with E-state index in [0.717, 1.165) is 12.1 Å². The number of nitrogens with zero attached hydrogens (tertiary/aromatic N) is 2. The molecule has 2 N–H and O–H groups in total. The second-order valence-electron chi connectivity index (χ2n) is 5.49. The number of nitro benzene ring substituents is 2. The maximum atomic E-state index is 11.9. The summed E-state index contributed by atoms with van der Waals surface area (Å²) in [6.45, 7) is 1.40. The summed E-state index contributed by atoms with van der Waals surface area (Å²) >= 11 is 0. The minimum absolute atomic E-state index is 0.0805. The number of carboxylic acid groups (broad SMARTS) is 1. The van der Waals surface area contributed by atoms with Crippen molar-refractivity contribution in [1.82, 2.24) is 0 Å². The van der Waals surface area contributed by atoms with Gasteiger partial charge in [-0.3, -0.25) is 29.8 Å². The Kier molecular flexibility index (Phi) is 6.22. The smallest absolute Gasteiger partial charge is 0.325 e. The molecule has 1 unspecified atom stereocenters. The van der Waals surface area contributed by atoms with Crippen LogP contribution < -0.4 is 5.32 Å². The standard InChI is InChI=1S/C17H15N3O8/c1-2-28-17(23)15(16(21)22)13-7-6-11(9-14(13)20(26)27)18-10-4-3-5-12(8-10)19(24)25/h3-9,15,18H,2H2,1H3,(H,21,22). The van der Waals surface area contributed by atoms with Crippen molar-refractivity contribution in [1.29, 1.82) is 0 Å². The number of aliphatic carboxylic acids is 1. The highest BCUT2D eigenvalue weighted by Gasteiger charge is 2.35. The van der Waals surface area contributed by atoms with Crippen molar-refractivity contribution >= 4 is 34.7 Å². The van der Waals surface area contributed by atoms with Crippen molar-refractivity contribution in [3.63, 3.8) is 0 Å². The van der Waals surface area contributed by atoms with Crippen molar-refractivity contribution in [2.45, 2.75) is 12.8 Å². The van der Waals surface area contributed by atoms with Gasteiger partial charge in [-0.15, -0.1) is 0 Å². The average Bonchev–Trinajstić information content (AvgIpc) is 2.63. The number of benzene rings is 2. The second kappa shape index (κ2) is 8.58. The molecule has 146 valence electrons. The summed E-state index contributed by atoms with van der Waals surface area (Å²) in [6.07, 6.45) is 0. The van der Waals surface area contributed by atoms with E-state index in [1.165, 1.54) is 37.3 Å². The number of ether oxygens (including phenoxy) is 1. The molecule has 0 radical (unpaired) electrons. The van der Waals surface area contributed by atoms with Crippen molar-refractivity contribution in [3.8, 4) is 0 Å². The molecule has 2 rings (SSSR count). The third-order valence-electron chi connectivity index (χ3n) is 3.65. The predicted octanol–water partition coefficient (Wildman–Crippen LogP) is 2.98. The summed E-state index contributed by atoms with van der Waals surface area (Å²) in [5.41, 5.74) is -0.624. The lowest BCUT2D eigenvalue weighted by Crippen LogP contribution is -2.24. The molecule has 0 aromatic heterocycles. The molecule has 0 amide bonds. The molecule has 11 heteroatoms. The predicted molar refractivity (Wildman–Crippen MR) is 96.5 cm³/mol. The van der Waals surface area contributed by atoms with Gasteiger partial charge in [-0.2, -0.15) is 0 Å². The van der Waals surface area contributed by atoms with E-state index in [4.69, 9.17) is 4.74 Å². The van der Waals surface area contributed by atoms with Crippen LogP contribution in [0.4, 0.5) is 22.7 Å². The lowest BCUT2D eigenvalue weighted by atomic mass is 9.97. The van der Waals surface area contributed by atoms with E-state index < -0.39 is 33.4 Å². The molecular formula is C17H15N3O8. The van der Waals surface area contributed by atoms with Gasteiger partial charge in [0.1, 0.15) is 0 Å². The zero-order valence-corrected chi connectivity index (χ0v) is 14.5. The highest BCUT2D eigenvalue weighted by atomic mass is 16.6. The Morgan fingerprint density at radius 2 is 1.79 bits per heavy atom. The Balaban J connectivity index is 2.43. The number of nitrogens with one attached hydrogen (secondary N) is 1. The van der Waals surface area contributed by atoms with E-state index in [2.05, 4.69) is 5.32 Å². The van der Waals surface area contributed by atoms with Crippen LogP contribution >= 0.6 is 0 Å². The molecule has 2 aromatic carbocycles. The number of hydrogen-bond donors (Lipinski definition) is 2. The molecule has 0 saturated carbocycles. The first kappa shape index (κ1) is 20.3. The highest BCUT2D eigenvalue weighted by molar-refractivity contribution is 6.01. The monoisotopic (exact) mass is 389 g/mol. The number of esters is 1. The zero-order chi connectivity index (χ0) is 20.8. The quantitative estimate of drug-likeness (QED) is 0.299. The van der Waals surface area contributed by atoms with Gasteiger partial charge in [0.25, 0.3) is 11.4 Å². The molecule has 0 spiro atoms. The molecule has 0 fully saturated rings. The molecule has 0 aliphatic carbocycles. The summed E-state index contributed by atoms with van der Waals surface area (Å²) in [6, 6.07) is 8.98. The topological polar surface area (TPSA) is 162 Å². The fourth-order valence-electron chi connectivity index (χ4n) is 2.47. The molecule has 0 saturated heterocycles. The van der Waals surface area contributed by atoms with Gasteiger partial charge in [0.15, 0.2) is 5.92 Å². The van der Waals surface area contributed by atoms with E-state index in [-0.39, 0.29) is 23.5 Å². The van der Waals surface area contributed by atoms with Gasteiger partial charge in [0, 0.05) is 29.6 Å². The van der Waals surface area contributed by atoms with Gasteiger partial charge in [-0.05, 0) is 25.1 Å². The fraction of sp³-hybridized carbons (Fsp3) is 0.176. The van der Waals surface area contributed by atoms with Gasteiger partial charge < -0.3 is 15.2 Å². The van der Waals surface area contributed by atoms with Crippen LogP contribution in [0, 0.1) is 20.2 Å². The van der Waals surface area contributed by atoms with Crippen molar-refractivity contribution < 1.29 is 29.3 Å². The van der Waals surface area contributed by atoms with Gasteiger partial charge >= 0.3 is 11.9 Å². The van der Waals surface area contributed by atoms with Crippen molar-refractivity contribution in [2.24, 2.45) is 0 Å². The van der Waals surface area contributed by atoms with Crippen LogP contribution in [0.2, 0.25) is 0 Å². The minimum atomic E-state index is -1.85. The van der Waals surface area contributed by atoms with E-state index in [9.17, 15) is 34.9 Å². The van der Waals surface area contributed by atoms with E-state index >= 15 is 0 Å². The maximum absolute atomic E-state index is 11.9. The number of carbonyl (C=O) groups excluding carboxylic acids is 1. The number of hydrogen-bond acceptors (Lipinski definition) is 8. The summed E-state index contributed by atoms with van der Waals surface area (Å²) in [7, 11) is 0. The van der Waals surface area contributed by atoms with Gasteiger partial charge in [0.05, 0.1) is 22.0 Å². The Bertz CT molecular complexity index is 944.